The van der Waals surface area contributed by atoms with E-state index in [0.717, 1.165) is 5.56 Å². The minimum Gasteiger partial charge on any atom is -0.396 e. The van der Waals surface area contributed by atoms with E-state index in [1.54, 1.807) is 12.1 Å². The van der Waals surface area contributed by atoms with Crippen molar-refractivity contribution in [2.24, 2.45) is 5.92 Å². The fraction of sp³-hybridized carbons (Fsp3) is 0.400. The molecule has 0 aromatic heterocycles. The van der Waals surface area contributed by atoms with Gasteiger partial charge in [-0.15, -0.1) is 0 Å². The number of aliphatic hydroxyl groups is 2. The molecule has 13 heavy (non-hydrogen) atoms. The zero-order valence-corrected chi connectivity index (χ0v) is 7.28. The van der Waals surface area contributed by atoms with E-state index in [-0.39, 0.29) is 24.9 Å². The number of hydrogen-bond acceptors (Lipinski definition) is 2. The van der Waals surface area contributed by atoms with Gasteiger partial charge in [0.1, 0.15) is 5.82 Å². The van der Waals surface area contributed by atoms with Gasteiger partial charge in [0.2, 0.25) is 0 Å². The van der Waals surface area contributed by atoms with Crippen LogP contribution in [0.3, 0.4) is 0 Å². The molecule has 1 aromatic rings. The van der Waals surface area contributed by atoms with Gasteiger partial charge in [-0.3, -0.25) is 0 Å². The zero-order valence-electron chi connectivity index (χ0n) is 7.28. The maximum Gasteiger partial charge on any atom is 0.123 e. The van der Waals surface area contributed by atoms with Crippen molar-refractivity contribution in [1.82, 2.24) is 0 Å². The predicted octanol–water partition coefficient (Wildman–Crippen LogP) is 0.969. The SMILES string of the molecule is OCC(CO)Cc1ccc(F)cc1. The quantitative estimate of drug-likeness (QED) is 0.732. The summed E-state index contributed by atoms with van der Waals surface area (Å²) in [4.78, 5) is 0. The maximum atomic E-state index is 12.5. The molecule has 2 nitrogen and oxygen atoms in total. The van der Waals surface area contributed by atoms with Gasteiger partial charge in [0.15, 0.2) is 0 Å². The molecule has 1 aromatic carbocycles. The van der Waals surface area contributed by atoms with E-state index in [1.165, 1.54) is 12.1 Å². The third-order valence-corrected chi connectivity index (χ3v) is 1.95. The van der Waals surface area contributed by atoms with Gasteiger partial charge < -0.3 is 10.2 Å². The van der Waals surface area contributed by atoms with Crippen molar-refractivity contribution in [2.75, 3.05) is 13.2 Å². The monoisotopic (exact) mass is 184 g/mol. The molecule has 0 saturated heterocycles. The number of aliphatic hydroxyl groups excluding tert-OH is 2. The molecule has 0 aliphatic heterocycles. The van der Waals surface area contributed by atoms with E-state index in [2.05, 4.69) is 0 Å². The van der Waals surface area contributed by atoms with Crippen LogP contribution in [0.4, 0.5) is 4.39 Å². The molecule has 1 rings (SSSR count). The molecule has 0 aliphatic carbocycles. The molecule has 0 aliphatic rings. The summed E-state index contributed by atoms with van der Waals surface area (Å²) in [6.07, 6.45) is 0.577. The summed E-state index contributed by atoms with van der Waals surface area (Å²) in [6, 6.07) is 6.07. The van der Waals surface area contributed by atoms with E-state index in [9.17, 15) is 4.39 Å². The number of hydrogen-bond donors (Lipinski definition) is 2. The average molecular weight is 184 g/mol. The van der Waals surface area contributed by atoms with Crippen molar-refractivity contribution < 1.29 is 14.6 Å². The maximum absolute atomic E-state index is 12.5. The van der Waals surface area contributed by atoms with Crippen LogP contribution in [0.5, 0.6) is 0 Å². The number of halogens is 1. The summed E-state index contributed by atoms with van der Waals surface area (Å²) >= 11 is 0. The van der Waals surface area contributed by atoms with Crippen LogP contribution in [0.25, 0.3) is 0 Å². The van der Waals surface area contributed by atoms with Crippen LogP contribution in [-0.2, 0) is 6.42 Å². The fourth-order valence-corrected chi connectivity index (χ4v) is 1.14. The van der Waals surface area contributed by atoms with Crippen molar-refractivity contribution in [3.8, 4) is 0 Å². The van der Waals surface area contributed by atoms with Crippen molar-refractivity contribution in [2.45, 2.75) is 6.42 Å². The Labute approximate surface area is 76.6 Å². The molecule has 2 N–H and O–H groups in total. The summed E-state index contributed by atoms with van der Waals surface area (Å²) in [5.74, 6) is -0.418. The Balaban J connectivity index is 2.58. The minimum absolute atomic E-state index is 0.0477. The van der Waals surface area contributed by atoms with E-state index in [4.69, 9.17) is 10.2 Å². The molecule has 0 heterocycles. The van der Waals surface area contributed by atoms with Gasteiger partial charge in [-0.1, -0.05) is 12.1 Å². The van der Waals surface area contributed by atoms with Gasteiger partial charge in [-0.05, 0) is 24.1 Å². The third kappa shape index (κ3) is 3.13. The molecule has 0 unspecified atom stereocenters. The summed E-state index contributed by atoms with van der Waals surface area (Å²) in [7, 11) is 0. The highest BCUT2D eigenvalue weighted by molar-refractivity contribution is 5.16. The van der Waals surface area contributed by atoms with Crippen molar-refractivity contribution in [1.29, 1.82) is 0 Å². The molecular weight excluding hydrogens is 171 g/mol. The highest BCUT2D eigenvalue weighted by Gasteiger charge is 2.06. The molecular formula is C10H13FO2. The molecule has 0 fully saturated rings. The summed E-state index contributed by atoms with van der Waals surface area (Å²) in [5.41, 5.74) is 0.925. The summed E-state index contributed by atoms with van der Waals surface area (Å²) in [6.45, 7) is -0.0955. The second kappa shape index (κ2) is 4.94. The first-order chi connectivity index (χ1) is 6.26. The fourth-order valence-electron chi connectivity index (χ4n) is 1.14. The lowest BCUT2D eigenvalue weighted by atomic mass is 10.0. The lowest BCUT2D eigenvalue weighted by molar-refractivity contribution is 0.150. The van der Waals surface area contributed by atoms with Gasteiger partial charge in [0.25, 0.3) is 0 Å². The van der Waals surface area contributed by atoms with Crippen LogP contribution in [0, 0.1) is 11.7 Å². The first-order valence-electron chi connectivity index (χ1n) is 4.22. The molecule has 0 atom stereocenters. The van der Waals surface area contributed by atoms with Gasteiger partial charge in [0.05, 0.1) is 0 Å². The Bertz CT molecular complexity index is 242. The van der Waals surface area contributed by atoms with Crippen molar-refractivity contribution in [3.05, 3.63) is 35.6 Å². The second-order valence-corrected chi connectivity index (χ2v) is 3.06. The number of rotatable bonds is 4. The van der Waals surface area contributed by atoms with Crippen LogP contribution in [-0.4, -0.2) is 23.4 Å². The standard InChI is InChI=1S/C10H13FO2/c11-10-3-1-8(2-4-10)5-9(6-12)7-13/h1-4,9,12-13H,5-7H2. The lowest BCUT2D eigenvalue weighted by Gasteiger charge is -2.09. The van der Waals surface area contributed by atoms with E-state index < -0.39 is 0 Å². The second-order valence-electron chi connectivity index (χ2n) is 3.06. The summed E-state index contributed by atoms with van der Waals surface area (Å²) < 4.78 is 12.5. The van der Waals surface area contributed by atoms with E-state index >= 15 is 0 Å². The molecule has 0 radical (unpaired) electrons. The van der Waals surface area contributed by atoms with Gasteiger partial charge in [-0.2, -0.15) is 0 Å². The number of benzene rings is 1. The smallest absolute Gasteiger partial charge is 0.123 e. The lowest BCUT2D eigenvalue weighted by Crippen LogP contribution is -2.13. The zero-order chi connectivity index (χ0) is 9.68. The Morgan fingerprint density at radius 1 is 1.08 bits per heavy atom. The van der Waals surface area contributed by atoms with Gasteiger partial charge in [0, 0.05) is 19.1 Å². The molecule has 0 saturated carbocycles. The minimum atomic E-state index is -0.270. The van der Waals surface area contributed by atoms with Crippen LogP contribution in [0.1, 0.15) is 5.56 Å². The normalized spacial score (nSPS) is 10.8. The Hall–Kier alpha value is -0.930. The largest absolute Gasteiger partial charge is 0.396 e. The molecule has 3 heteroatoms. The average Bonchev–Trinajstić information content (AvgIpc) is 2.17. The predicted molar refractivity (Wildman–Crippen MR) is 47.8 cm³/mol. The van der Waals surface area contributed by atoms with E-state index in [1.807, 2.05) is 0 Å². The highest BCUT2D eigenvalue weighted by Crippen LogP contribution is 2.09. The van der Waals surface area contributed by atoms with Crippen molar-refractivity contribution in [3.63, 3.8) is 0 Å². The Kier molecular flexibility index (Phi) is 3.86. The molecule has 0 amide bonds. The molecule has 72 valence electrons. The topological polar surface area (TPSA) is 40.5 Å². The van der Waals surface area contributed by atoms with Crippen LogP contribution in [0.2, 0.25) is 0 Å². The van der Waals surface area contributed by atoms with Crippen molar-refractivity contribution >= 4 is 0 Å². The van der Waals surface area contributed by atoms with Crippen LogP contribution < -0.4 is 0 Å². The summed E-state index contributed by atoms with van der Waals surface area (Å²) in [5, 5.41) is 17.6. The van der Waals surface area contributed by atoms with Crippen LogP contribution in [0.15, 0.2) is 24.3 Å². The van der Waals surface area contributed by atoms with Crippen LogP contribution >= 0.6 is 0 Å². The first kappa shape index (κ1) is 10.2. The Morgan fingerprint density at radius 2 is 1.62 bits per heavy atom. The van der Waals surface area contributed by atoms with Gasteiger partial charge >= 0.3 is 0 Å². The third-order valence-electron chi connectivity index (χ3n) is 1.95. The molecule has 0 spiro atoms. The molecule has 0 bridgehead atoms. The van der Waals surface area contributed by atoms with E-state index in [0.29, 0.717) is 6.42 Å². The Morgan fingerprint density at radius 3 is 2.08 bits per heavy atom. The first-order valence-corrected chi connectivity index (χ1v) is 4.22. The highest BCUT2D eigenvalue weighted by atomic mass is 19.1. The van der Waals surface area contributed by atoms with Gasteiger partial charge in [-0.25, -0.2) is 4.39 Å².